The van der Waals surface area contributed by atoms with Crippen molar-refractivity contribution < 1.29 is 14.3 Å². The van der Waals surface area contributed by atoms with Crippen LogP contribution in [0.2, 0.25) is 0 Å². The molecule has 1 aromatic rings. The van der Waals surface area contributed by atoms with Gasteiger partial charge in [0.2, 0.25) is 0 Å². The maximum absolute atomic E-state index is 12.3. The summed E-state index contributed by atoms with van der Waals surface area (Å²) in [5.74, 6) is -0.410. The normalized spacial score (nSPS) is 18.2. The molecule has 1 aromatic carbocycles. The van der Waals surface area contributed by atoms with Crippen molar-refractivity contribution in [2.45, 2.75) is 26.7 Å². The average Bonchev–Trinajstić information content (AvgIpc) is 2.47. The maximum atomic E-state index is 12.3. The Morgan fingerprint density at radius 3 is 2.95 bits per heavy atom. The molecule has 1 aliphatic heterocycles. The van der Waals surface area contributed by atoms with Crippen molar-refractivity contribution in [3.63, 3.8) is 0 Å². The van der Waals surface area contributed by atoms with Crippen LogP contribution >= 0.6 is 0 Å². The largest absolute Gasteiger partial charge is 0.466 e. The molecule has 114 valence electrons. The Labute approximate surface area is 125 Å². The van der Waals surface area contributed by atoms with Crippen molar-refractivity contribution in [3.05, 3.63) is 29.8 Å². The van der Waals surface area contributed by atoms with Crippen molar-refractivity contribution in [1.29, 1.82) is 0 Å². The van der Waals surface area contributed by atoms with Crippen LogP contribution in [-0.2, 0) is 9.53 Å². The van der Waals surface area contributed by atoms with Crippen LogP contribution in [0.15, 0.2) is 24.3 Å². The number of urea groups is 1. The summed E-state index contributed by atoms with van der Waals surface area (Å²) in [5.41, 5.74) is 1.87. The third-order valence-corrected chi connectivity index (χ3v) is 3.60. The van der Waals surface area contributed by atoms with E-state index in [0.717, 1.165) is 24.1 Å². The van der Waals surface area contributed by atoms with Gasteiger partial charge in [-0.3, -0.25) is 4.79 Å². The molecule has 2 amide bonds. The number of ether oxygens (including phenoxy) is 1. The van der Waals surface area contributed by atoms with Crippen LogP contribution in [0.5, 0.6) is 0 Å². The minimum absolute atomic E-state index is 0.158. The molecule has 1 aliphatic rings. The van der Waals surface area contributed by atoms with Gasteiger partial charge in [-0.2, -0.15) is 0 Å². The summed E-state index contributed by atoms with van der Waals surface area (Å²) in [6, 6.07) is 7.51. The number of piperidine rings is 1. The van der Waals surface area contributed by atoms with Gasteiger partial charge in [-0.05, 0) is 44.4 Å². The highest BCUT2D eigenvalue weighted by molar-refractivity contribution is 5.89. The van der Waals surface area contributed by atoms with Crippen molar-refractivity contribution in [2.75, 3.05) is 25.0 Å². The van der Waals surface area contributed by atoms with E-state index in [-0.39, 0.29) is 17.9 Å². The van der Waals surface area contributed by atoms with Crippen LogP contribution in [0.1, 0.15) is 25.3 Å². The molecule has 1 saturated heterocycles. The molecule has 0 unspecified atom stereocenters. The van der Waals surface area contributed by atoms with E-state index in [1.807, 2.05) is 31.2 Å². The predicted octanol–water partition coefficient (Wildman–Crippen LogP) is 2.80. The number of carbonyl (C=O) groups is 2. The Balaban J connectivity index is 1.94. The van der Waals surface area contributed by atoms with E-state index in [0.29, 0.717) is 19.7 Å². The molecule has 0 bridgehead atoms. The van der Waals surface area contributed by atoms with E-state index in [4.69, 9.17) is 4.74 Å². The molecular weight excluding hydrogens is 268 g/mol. The van der Waals surface area contributed by atoms with Gasteiger partial charge in [0.05, 0.1) is 12.5 Å². The summed E-state index contributed by atoms with van der Waals surface area (Å²) in [7, 11) is 0. The van der Waals surface area contributed by atoms with Gasteiger partial charge >= 0.3 is 12.0 Å². The van der Waals surface area contributed by atoms with Gasteiger partial charge in [0, 0.05) is 18.8 Å². The number of nitrogens with one attached hydrogen (secondary N) is 1. The molecule has 0 aromatic heterocycles. The van der Waals surface area contributed by atoms with Gasteiger partial charge in [-0.15, -0.1) is 0 Å². The summed E-state index contributed by atoms with van der Waals surface area (Å²) in [5, 5.41) is 2.88. The smallest absolute Gasteiger partial charge is 0.321 e. The van der Waals surface area contributed by atoms with Crippen LogP contribution in [0.4, 0.5) is 10.5 Å². The maximum Gasteiger partial charge on any atom is 0.321 e. The highest BCUT2D eigenvalue weighted by atomic mass is 16.5. The van der Waals surface area contributed by atoms with Crippen molar-refractivity contribution in [1.82, 2.24) is 4.90 Å². The first kappa shape index (κ1) is 15.4. The standard InChI is InChI=1S/C16H22N2O3/c1-3-21-15(19)13-7-5-9-18(11-13)16(20)17-14-8-4-6-12(2)10-14/h4,6,8,10,13H,3,5,7,9,11H2,1-2H3,(H,17,20)/t13-/m0/s1. The number of benzene rings is 1. The number of hydrogen-bond acceptors (Lipinski definition) is 3. The molecule has 21 heavy (non-hydrogen) atoms. The third-order valence-electron chi connectivity index (χ3n) is 3.60. The number of nitrogens with zero attached hydrogens (tertiary/aromatic N) is 1. The highest BCUT2D eigenvalue weighted by Crippen LogP contribution is 2.19. The summed E-state index contributed by atoms with van der Waals surface area (Å²) in [6.07, 6.45) is 1.61. The number of amides is 2. The van der Waals surface area contributed by atoms with Crippen LogP contribution in [0.25, 0.3) is 0 Å². The molecule has 5 nitrogen and oxygen atoms in total. The van der Waals surface area contributed by atoms with E-state index in [1.54, 1.807) is 11.8 Å². The second-order valence-corrected chi connectivity index (χ2v) is 5.34. The van der Waals surface area contributed by atoms with Crippen molar-refractivity contribution in [2.24, 2.45) is 5.92 Å². The Morgan fingerprint density at radius 1 is 1.43 bits per heavy atom. The first-order valence-electron chi connectivity index (χ1n) is 7.39. The Bertz CT molecular complexity index is 516. The molecule has 1 fully saturated rings. The van der Waals surface area contributed by atoms with Crippen molar-refractivity contribution >= 4 is 17.7 Å². The number of aryl methyl sites for hydroxylation is 1. The predicted molar refractivity (Wildman–Crippen MR) is 81.1 cm³/mol. The van der Waals surface area contributed by atoms with Gasteiger partial charge in [-0.25, -0.2) is 4.79 Å². The second-order valence-electron chi connectivity index (χ2n) is 5.34. The van der Waals surface area contributed by atoms with Gasteiger partial charge < -0.3 is 15.0 Å². The van der Waals surface area contributed by atoms with Gasteiger partial charge in [0.15, 0.2) is 0 Å². The van der Waals surface area contributed by atoms with Crippen LogP contribution < -0.4 is 5.32 Å². The minimum Gasteiger partial charge on any atom is -0.466 e. The van der Waals surface area contributed by atoms with E-state index in [9.17, 15) is 9.59 Å². The average molecular weight is 290 g/mol. The van der Waals surface area contributed by atoms with E-state index in [1.165, 1.54) is 0 Å². The lowest BCUT2D eigenvalue weighted by atomic mass is 9.98. The lowest BCUT2D eigenvalue weighted by Crippen LogP contribution is -2.44. The fraction of sp³-hybridized carbons (Fsp3) is 0.500. The van der Waals surface area contributed by atoms with Gasteiger partial charge in [0.1, 0.15) is 0 Å². The fourth-order valence-corrected chi connectivity index (χ4v) is 2.54. The minimum atomic E-state index is -0.207. The molecule has 1 N–H and O–H groups in total. The van der Waals surface area contributed by atoms with Gasteiger partial charge in [0.25, 0.3) is 0 Å². The number of rotatable bonds is 3. The molecular formula is C16H22N2O3. The first-order valence-corrected chi connectivity index (χ1v) is 7.39. The topological polar surface area (TPSA) is 58.6 Å². The number of anilines is 1. The number of likely N-dealkylation sites (tertiary alicyclic amines) is 1. The molecule has 2 rings (SSSR count). The lowest BCUT2D eigenvalue weighted by molar-refractivity contribution is -0.149. The van der Waals surface area contributed by atoms with Crippen LogP contribution in [0, 0.1) is 12.8 Å². The number of hydrogen-bond donors (Lipinski definition) is 1. The zero-order chi connectivity index (χ0) is 15.2. The number of carbonyl (C=O) groups excluding carboxylic acids is 2. The van der Waals surface area contributed by atoms with Crippen molar-refractivity contribution in [3.8, 4) is 0 Å². The Kier molecular flexibility index (Phi) is 5.20. The second kappa shape index (κ2) is 7.11. The monoisotopic (exact) mass is 290 g/mol. The van der Waals surface area contributed by atoms with E-state index in [2.05, 4.69) is 5.32 Å². The zero-order valence-corrected chi connectivity index (χ0v) is 12.6. The molecule has 1 atom stereocenters. The fourth-order valence-electron chi connectivity index (χ4n) is 2.54. The number of esters is 1. The molecule has 0 spiro atoms. The molecule has 1 heterocycles. The molecule has 5 heteroatoms. The third kappa shape index (κ3) is 4.21. The van der Waals surface area contributed by atoms with E-state index >= 15 is 0 Å². The SMILES string of the molecule is CCOC(=O)[C@H]1CCCN(C(=O)Nc2cccc(C)c2)C1. The van der Waals surface area contributed by atoms with Crippen LogP contribution in [-0.4, -0.2) is 36.6 Å². The Hall–Kier alpha value is -2.04. The summed E-state index contributed by atoms with van der Waals surface area (Å²) >= 11 is 0. The highest BCUT2D eigenvalue weighted by Gasteiger charge is 2.29. The molecule has 0 radical (unpaired) electrons. The zero-order valence-electron chi connectivity index (χ0n) is 12.6. The molecule has 0 saturated carbocycles. The lowest BCUT2D eigenvalue weighted by Gasteiger charge is -2.31. The summed E-state index contributed by atoms with van der Waals surface area (Å²) in [6.45, 7) is 5.26. The Morgan fingerprint density at radius 2 is 2.24 bits per heavy atom. The van der Waals surface area contributed by atoms with Crippen LogP contribution in [0.3, 0.4) is 0 Å². The summed E-state index contributed by atoms with van der Waals surface area (Å²) in [4.78, 5) is 25.7. The van der Waals surface area contributed by atoms with E-state index < -0.39 is 0 Å². The molecule has 0 aliphatic carbocycles. The van der Waals surface area contributed by atoms with Gasteiger partial charge in [-0.1, -0.05) is 12.1 Å². The first-order chi connectivity index (χ1) is 10.1. The quantitative estimate of drug-likeness (QED) is 0.871. The summed E-state index contributed by atoms with van der Waals surface area (Å²) < 4.78 is 5.05.